The molecule has 1 aromatic heterocycles. The zero-order valence-corrected chi connectivity index (χ0v) is 11.0. The predicted molar refractivity (Wildman–Crippen MR) is 72.0 cm³/mol. The lowest BCUT2D eigenvalue weighted by Gasteiger charge is -2.19. The fourth-order valence-electron chi connectivity index (χ4n) is 3.40. The van der Waals surface area contributed by atoms with Crippen molar-refractivity contribution in [2.24, 2.45) is 17.6 Å². The van der Waals surface area contributed by atoms with Crippen LogP contribution in [-0.4, -0.2) is 29.0 Å². The van der Waals surface area contributed by atoms with E-state index >= 15 is 0 Å². The maximum atomic E-state index is 10.8. The highest BCUT2D eigenvalue weighted by atomic mass is 16.6. The molecule has 0 amide bonds. The molecule has 1 aliphatic carbocycles. The number of hydrogen-bond donors (Lipinski definition) is 1. The maximum absolute atomic E-state index is 10.8. The molecule has 0 spiro atoms. The van der Waals surface area contributed by atoms with Gasteiger partial charge in [-0.3, -0.25) is 10.1 Å². The Morgan fingerprint density at radius 3 is 2.84 bits per heavy atom. The fraction of sp³-hybridized carbons (Fsp3) is 0.615. The number of rotatable bonds is 2. The van der Waals surface area contributed by atoms with Gasteiger partial charge >= 0.3 is 0 Å². The van der Waals surface area contributed by atoms with Crippen LogP contribution in [0.5, 0.6) is 0 Å². The van der Waals surface area contributed by atoms with Gasteiger partial charge in [0.1, 0.15) is 11.5 Å². The number of aromatic nitrogens is 1. The van der Waals surface area contributed by atoms with Gasteiger partial charge in [0.25, 0.3) is 5.69 Å². The van der Waals surface area contributed by atoms with Gasteiger partial charge in [-0.2, -0.15) is 0 Å². The quantitative estimate of drug-likeness (QED) is 0.644. The van der Waals surface area contributed by atoms with Crippen LogP contribution in [0.1, 0.15) is 18.5 Å². The van der Waals surface area contributed by atoms with Crippen molar-refractivity contribution < 1.29 is 4.92 Å². The maximum Gasteiger partial charge on any atom is 0.290 e. The van der Waals surface area contributed by atoms with Crippen molar-refractivity contribution in [2.75, 3.05) is 18.0 Å². The van der Waals surface area contributed by atoms with E-state index in [-0.39, 0.29) is 10.6 Å². The van der Waals surface area contributed by atoms with E-state index in [1.165, 1.54) is 6.42 Å². The molecule has 3 atom stereocenters. The summed E-state index contributed by atoms with van der Waals surface area (Å²) in [4.78, 5) is 17.0. The number of nitrogens with two attached hydrogens (primary N) is 1. The van der Waals surface area contributed by atoms with Crippen LogP contribution in [0.15, 0.2) is 12.1 Å². The van der Waals surface area contributed by atoms with Gasteiger partial charge < -0.3 is 10.6 Å². The van der Waals surface area contributed by atoms with Crippen molar-refractivity contribution >= 4 is 11.5 Å². The van der Waals surface area contributed by atoms with Gasteiger partial charge in [0.15, 0.2) is 0 Å². The lowest BCUT2D eigenvalue weighted by molar-refractivity contribution is -0.385. The SMILES string of the molecule is Cc1nc(N2CC3CCC(N)C3C2)ccc1[N+](=O)[O-]. The molecular weight excluding hydrogens is 244 g/mol. The van der Waals surface area contributed by atoms with E-state index in [0.717, 1.165) is 25.3 Å². The summed E-state index contributed by atoms with van der Waals surface area (Å²) in [6.07, 6.45) is 2.31. The van der Waals surface area contributed by atoms with Crippen molar-refractivity contribution in [3.8, 4) is 0 Å². The molecule has 0 aromatic carbocycles. The van der Waals surface area contributed by atoms with Gasteiger partial charge in [-0.15, -0.1) is 0 Å². The zero-order valence-electron chi connectivity index (χ0n) is 11.0. The number of nitro groups is 1. The Bertz CT molecular complexity index is 519. The summed E-state index contributed by atoms with van der Waals surface area (Å²) >= 11 is 0. The molecule has 6 nitrogen and oxygen atoms in total. The summed E-state index contributed by atoms with van der Waals surface area (Å²) in [5.41, 5.74) is 6.68. The van der Waals surface area contributed by atoms with Crippen molar-refractivity contribution in [3.05, 3.63) is 27.9 Å². The first kappa shape index (κ1) is 12.3. The molecule has 0 bridgehead atoms. The zero-order chi connectivity index (χ0) is 13.6. The summed E-state index contributed by atoms with van der Waals surface area (Å²) in [5, 5.41) is 10.8. The standard InChI is InChI=1S/C13H18N4O2/c1-8-12(17(18)19)4-5-13(15-8)16-6-9-2-3-11(14)10(9)7-16/h4-5,9-11H,2-3,6-7,14H2,1H3. The van der Waals surface area contributed by atoms with E-state index in [4.69, 9.17) is 5.73 Å². The molecule has 2 aliphatic rings. The van der Waals surface area contributed by atoms with Crippen LogP contribution < -0.4 is 10.6 Å². The van der Waals surface area contributed by atoms with Gasteiger partial charge in [-0.25, -0.2) is 4.98 Å². The number of pyridine rings is 1. The minimum Gasteiger partial charge on any atom is -0.356 e. The second-order valence-corrected chi connectivity index (χ2v) is 5.60. The summed E-state index contributed by atoms with van der Waals surface area (Å²) in [6, 6.07) is 3.60. The van der Waals surface area contributed by atoms with Gasteiger partial charge in [-0.05, 0) is 37.7 Å². The van der Waals surface area contributed by atoms with E-state index in [0.29, 0.717) is 23.6 Å². The molecule has 2 fully saturated rings. The number of nitrogens with zero attached hydrogens (tertiary/aromatic N) is 3. The molecule has 1 saturated heterocycles. The predicted octanol–water partition coefficient (Wildman–Crippen LogP) is 1.47. The van der Waals surface area contributed by atoms with Crippen molar-refractivity contribution in [2.45, 2.75) is 25.8 Å². The molecule has 3 rings (SSSR count). The second kappa shape index (κ2) is 4.45. The highest BCUT2D eigenvalue weighted by molar-refractivity contribution is 5.48. The Morgan fingerprint density at radius 2 is 2.21 bits per heavy atom. The Hall–Kier alpha value is -1.69. The number of hydrogen-bond acceptors (Lipinski definition) is 5. The normalized spacial score (nSPS) is 29.6. The van der Waals surface area contributed by atoms with E-state index in [1.807, 2.05) is 0 Å². The number of aryl methyl sites for hydroxylation is 1. The van der Waals surface area contributed by atoms with Gasteiger partial charge in [0.05, 0.1) is 4.92 Å². The minimum atomic E-state index is -0.388. The molecule has 19 heavy (non-hydrogen) atoms. The highest BCUT2D eigenvalue weighted by Gasteiger charge is 2.41. The van der Waals surface area contributed by atoms with Crippen LogP contribution >= 0.6 is 0 Å². The minimum absolute atomic E-state index is 0.0832. The van der Waals surface area contributed by atoms with Gasteiger partial charge in [-0.1, -0.05) is 0 Å². The summed E-state index contributed by atoms with van der Waals surface area (Å²) < 4.78 is 0. The molecule has 6 heteroatoms. The Labute approximate surface area is 111 Å². The fourth-order valence-corrected chi connectivity index (χ4v) is 3.40. The van der Waals surface area contributed by atoms with Crippen LogP contribution in [0.2, 0.25) is 0 Å². The monoisotopic (exact) mass is 262 g/mol. The molecule has 0 radical (unpaired) electrons. The topological polar surface area (TPSA) is 85.3 Å². The van der Waals surface area contributed by atoms with Crippen LogP contribution in [0.4, 0.5) is 11.5 Å². The van der Waals surface area contributed by atoms with Crippen molar-refractivity contribution in [1.82, 2.24) is 4.98 Å². The first-order valence-electron chi connectivity index (χ1n) is 6.69. The Balaban J connectivity index is 1.81. The van der Waals surface area contributed by atoms with Gasteiger partial charge in [0.2, 0.25) is 0 Å². The summed E-state index contributed by atoms with van der Waals surface area (Å²) in [7, 11) is 0. The average molecular weight is 262 g/mol. The third-order valence-electron chi connectivity index (χ3n) is 4.48. The largest absolute Gasteiger partial charge is 0.356 e. The lowest BCUT2D eigenvalue weighted by Crippen LogP contribution is -2.30. The van der Waals surface area contributed by atoms with E-state index in [1.54, 1.807) is 19.1 Å². The molecule has 3 unspecified atom stereocenters. The van der Waals surface area contributed by atoms with E-state index < -0.39 is 0 Å². The average Bonchev–Trinajstić information content (AvgIpc) is 2.91. The third kappa shape index (κ3) is 2.06. The number of anilines is 1. The summed E-state index contributed by atoms with van der Waals surface area (Å²) in [5.74, 6) is 2.05. The first-order chi connectivity index (χ1) is 9.06. The molecule has 2 N–H and O–H groups in total. The smallest absolute Gasteiger partial charge is 0.290 e. The van der Waals surface area contributed by atoms with E-state index in [2.05, 4.69) is 9.88 Å². The molecule has 1 aromatic rings. The Kier molecular flexibility index (Phi) is 2.89. The van der Waals surface area contributed by atoms with E-state index in [9.17, 15) is 10.1 Å². The molecular formula is C13H18N4O2. The van der Waals surface area contributed by atoms with Crippen molar-refractivity contribution in [3.63, 3.8) is 0 Å². The molecule has 1 aliphatic heterocycles. The van der Waals surface area contributed by atoms with Gasteiger partial charge in [0, 0.05) is 25.2 Å². The molecule has 2 heterocycles. The summed E-state index contributed by atoms with van der Waals surface area (Å²) in [6.45, 7) is 3.59. The van der Waals surface area contributed by atoms with Crippen molar-refractivity contribution in [1.29, 1.82) is 0 Å². The second-order valence-electron chi connectivity index (χ2n) is 5.60. The number of fused-ring (bicyclic) bond motifs is 1. The van der Waals surface area contributed by atoms with Crippen LogP contribution in [-0.2, 0) is 0 Å². The van der Waals surface area contributed by atoms with Crippen LogP contribution in [0, 0.1) is 28.9 Å². The molecule has 1 saturated carbocycles. The van der Waals surface area contributed by atoms with Crippen LogP contribution in [0.25, 0.3) is 0 Å². The third-order valence-corrected chi connectivity index (χ3v) is 4.48. The Morgan fingerprint density at radius 1 is 1.42 bits per heavy atom. The molecule has 102 valence electrons. The van der Waals surface area contributed by atoms with Crippen LogP contribution in [0.3, 0.4) is 0 Å². The lowest BCUT2D eigenvalue weighted by atomic mass is 9.98. The highest BCUT2D eigenvalue weighted by Crippen LogP contribution is 2.38. The first-order valence-corrected chi connectivity index (χ1v) is 6.69.